The van der Waals surface area contributed by atoms with Gasteiger partial charge in [-0.15, -0.1) is 0 Å². The van der Waals surface area contributed by atoms with Gasteiger partial charge in [-0.05, 0) is 18.6 Å². The molecular weight excluding hydrogens is 280 g/mol. The standard InChI is InChI=1S/C13H14N2O2S2/c1-9(16)14-11-7-8-19-13(18)15(12(11)17)10-5-3-2-4-6-10/h2-6,11H,7-8H2,1H3,(H,14,16). The summed E-state index contributed by atoms with van der Waals surface area (Å²) < 4.78 is 0.532. The van der Waals surface area contributed by atoms with Crippen LogP contribution in [0.15, 0.2) is 30.3 Å². The maximum atomic E-state index is 12.5. The molecule has 19 heavy (non-hydrogen) atoms. The van der Waals surface area contributed by atoms with Crippen molar-refractivity contribution in [2.45, 2.75) is 19.4 Å². The van der Waals surface area contributed by atoms with E-state index < -0.39 is 6.04 Å². The van der Waals surface area contributed by atoms with Gasteiger partial charge in [0.15, 0.2) is 0 Å². The molecule has 0 spiro atoms. The van der Waals surface area contributed by atoms with Gasteiger partial charge < -0.3 is 5.32 Å². The van der Waals surface area contributed by atoms with Crippen molar-refractivity contribution in [3.63, 3.8) is 0 Å². The van der Waals surface area contributed by atoms with Gasteiger partial charge in [-0.2, -0.15) is 0 Å². The smallest absolute Gasteiger partial charge is 0.255 e. The Kier molecular flexibility index (Phi) is 4.55. The molecule has 2 amide bonds. The van der Waals surface area contributed by atoms with Crippen molar-refractivity contribution in [3.8, 4) is 0 Å². The molecule has 1 N–H and O–H groups in total. The lowest BCUT2D eigenvalue weighted by molar-refractivity contribution is -0.125. The van der Waals surface area contributed by atoms with E-state index in [2.05, 4.69) is 5.32 Å². The molecule has 1 fully saturated rings. The summed E-state index contributed by atoms with van der Waals surface area (Å²) in [7, 11) is 0. The number of benzene rings is 1. The van der Waals surface area contributed by atoms with Gasteiger partial charge in [-0.25, -0.2) is 0 Å². The lowest BCUT2D eigenvalue weighted by atomic mass is 10.2. The van der Waals surface area contributed by atoms with Crippen LogP contribution in [0.5, 0.6) is 0 Å². The van der Waals surface area contributed by atoms with Crippen molar-refractivity contribution >= 4 is 45.8 Å². The highest BCUT2D eigenvalue weighted by molar-refractivity contribution is 8.23. The molecule has 0 aromatic heterocycles. The number of para-hydroxylation sites is 1. The summed E-state index contributed by atoms with van der Waals surface area (Å²) in [6.07, 6.45) is 0.590. The average Bonchev–Trinajstić information content (AvgIpc) is 2.50. The number of hydrogen-bond acceptors (Lipinski definition) is 4. The fourth-order valence-corrected chi connectivity index (χ4v) is 3.18. The Morgan fingerprint density at radius 3 is 2.74 bits per heavy atom. The molecule has 1 aromatic rings. The molecule has 4 nitrogen and oxygen atoms in total. The fraction of sp³-hybridized carbons (Fsp3) is 0.308. The van der Waals surface area contributed by atoms with Crippen molar-refractivity contribution in [2.75, 3.05) is 10.7 Å². The monoisotopic (exact) mass is 294 g/mol. The van der Waals surface area contributed by atoms with Gasteiger partial charge in [0.25, 0.3) is 5.91 Å². The van der Waals surface area contributed by atoms with Crippen molar-refractivity contribution < 1.29 is 9.59 Å². The minimum absolute atomic E-state index is 0.170. The maximum Gasteiger partial charge on any atom is 0.255 e. The van der Waals surface area contributed by atoms with Crippen LogP contribution in [0.3, 0.4) is 0 Å². The third-order valence-corrected chi connectivity index (χ3v) is 4.13. The average molecular weight is 294 g/mol. The number of amides is 2. The van der Waals surface area contributed by atoms with Crippen LogP contribution >= 0.6 is 24.0 Å². The third-order valence-electron chi connectivity index (χ3n) is 2.73. The molecule has 1 aromatic carbocycles. The first kappa shape index (κ1) is 14.0. The molecule has 2 rings (SSSR count). The van der Waals surface area contributed by atoms with Crippen LogP contribution in [-0.4, -0.2) is 27.9 Å². The van der Waals surface area contributed by atoms with Crippen LogP contribution in [0.2, 0.25) is 0 Å². The summed E-state index contributed by atoms with van der Waals surface area (Å²) in [6, 6.07) is 8.75. The molecule has 1 aliphatic heterocycles. The zero-order chi connectivity index (χ0) is 13.8. The Balaban J connectivity index is 2.30. The Morgan fingerprint density at radius 1 is 1.42 bits per heavy atom. The van der Waals surface area contributed by atoms with E-state index in [-0.39, 0.29) is 11.8 Å². The molecule has 1 heterocycles. The molecule has 1 atom stereocenters. The minimum atomic E-state index is -0.509. The summed E-state index contributed by atoms with van der Waals surface area (Å²) in [4.78, 5) is 25.2. The number of thiocarbonyl (C=S) groups is 1. The molecule has 1 unspecified atom stereocenters. The number of thioether (sulfide) groups is 1. The van der Waals surface area contributed by atoms with Crippen LogP contribution in [0.25, 0.3) is 0 Å². The highest BCUT2D eigenvalue weighted by Crippen LogP contribution is 2.25. The van der Waals surface area contributed by atoms with Crippen LogP contribution in [0.1, 0.15) is 13.3 Å². The molecule has 0 saturated carbocycles. The number of carbonyl (C=O) groups is 2. The van der Waals surface area contributed by atoms with Gasteiger partial charge in [0, 0.05) is 12.7 Å². The normalized spacial score (nSPS) is 20.1. The Labute approximate surface area is 121 Å². The van der Waals surface area contributed by atoms with Gasteiger partial charge in [-0.1, -0.05) is 42.2 Å². The lowest BCUT2D eigenvalue weighted by Crippen LogP contribution is -2.48. The van der Waals surface area contributed by atoms with Crippen molar-refractivity contribution in [2.24, 2.45) is 0 Å². The number of carbonyl (C=O) groups excluding carboxylic acids is 2. The van der Waals surface area contributed by atoms with E-state index in [0.29, 0.717) is 10.7 Å². The van der Waals surface area contributed by atoms with Crippen LogP contribution < -0.4 is 10.2 Å². The highest BCUT2D eigenvalue weighted by atomic mass is 32.2. The first-order valence-corrected chi connectivity index (χ1v) is 7.32. The quantitative estimate of drug-likeness (QED) is 0.847. The molecule has 6 heteroatoms. The second kappa shape index (κ2) is 6.16. The second-order valence-electron chi connectivity index (χ2n) is 4.17. The highest BCUT2D eigenvalue weighted by Gasteiger charge is 2.31. The van der Waals surface area contributed by atoms with Gasteiger partial charge in [0.1, 0.15) is 10.4 Å². The lowest BCUT2D eigenvalue weighted by Gasteiger charge is -2.24. The van der Waals surface area contributed by atoms with Gasteiger partial charge in [0.05, 0.1) is 5.69 Å². The predicted octanol–water partition coefficient (Wildman–Crippen LogP) is 1.95. The van der Waals surface area contributed by atoms with E-state index in [1.807, 2.05) is 30.3 Å². The van der Waals surface area contributed by atoms with Crippen molar-refractivity contribution in [3.05, 3.63) is 30.3 Å². The molecule has 0 aliphatic carbocycles. The molecule has 100 valence electrons. The number of hydrogen-bond donors (Lipinski definition) is 1. The van der Waals surface area contributed by atoms with E-state index in [0.717, 1.165) is 11.4 Å². The first-order chi connectivity index (χ1) is 9.09. The van der Waals surface area contributed by atoms with Crippen molar-refractivity contribution in [1.29, 1.82) is 0 Å². The third kappa shape index (κ3) is 3.33. The molecule has 0 bridgehead atoms. The summed E-state index contributed by atoms with van der Waals surface area (Å²) in [5.41, 5.74) is 0.738. The molecule has 1 saturated heterocycles. The zero-order valence-corrected chi connectivity index (χ0v) is 12.1. The Morgan fingerprint density at radius 2 is 2.11 bits per heavy atom. The van der Waals surface area contributed by atoms with E-state index in [4.69, 9.17) is 12.2 Å². The topological polar surface area (TPSA) is 49.4 Å². The predicted molar refractivity (Wildman–Crippen MR) is 81.2 cm³/mol. The van der Waals surface area contributed by atoms with Gasteiger partial charge >= 0.3 is 0 Å². The number of anilines is 1. The first-order valence-electron chi connectivity index (χ1n) is 5.92. The molecule has 1 aliphatic rings. The van der Waals surface area contributed by atoms with Crippen LogP contribution in [-0.2, 0) is 9.59 Å². The summed E-state index contributed by atoms with van der Waals surface area (Å²) >= 11 is 6.76. The number of nitrogens with zero attached hydrogens (tertiary/aromatic N) is 1. The summed E-state index contributed by atoms with van der Waals surface area (Å²) in [5.74, 6) is 0.347. The zero-order valence-electron chi connectivity index (χ0n) is 10.5. The minimum Gasteiger partial charge on any atom is -0.344 e. The van der Waals surface area contributed by atoms with E-state index in [1.165, 1.54) is 23.6 Å². The fourth-order valence-electron chi connectivity index (χ4n) is 1.89. The van der Waals surface area contributed by atoms with Gasteiger partial charge in [-0.3, -0.25) is 14.5 Å². The Bertz CT molecular complexity index is 505. The largest absolute Gasteiger partial charge is 0.344 e. The summed E-state index contributed by atoms with van der Waals surface area (Å²) in [6.45, 7) is 1.41. The van der Waals surface area contributed by atoms with Crippen LogP contribution in [0.4, 0.5) is 5.69 Å². The van der Waals surface area contributed by atoms with E-state index in [9.17, 15) is 9.59 Å². The number of rotatable bonds is 2. The second-order valence-corrected chi connectivity index (χ2v) is 5.89. The Hall–Kier alpha value is -1.40. The van der Waals surface area contributed by atoms with Gasteiger partial charge in [0.2, 0.25) is 5.91 Å². The molecular formula is C13H14N2O2S2. The van der Waals surface area contributed by atoms with E-state index in [1.54, 1.807) is 0 Å². The van der Waals surface area contributed by atoms with Crippen molar-refractivity contribution in [1.82, 2.24) is 5.32 Å². The molecule has 0 radical (unpaired) electrons. The van der Waals surface area contributed by atoms with E-state index >= 15 is 0 Å². The SMILES string of the molecule is CC(=O)NC1CCSC(=S)N(c2ccccc2)C1=O. The van der Waals surface area contributed by atoms with Crippen LogP contribution in [0, 0.1) is 0 Å². The maximum absolute atomic E-state index is 12.5. The summed E-state index contributed by atoms with van der Waals surface area (Å²) in [5, 5.41) is 2.69. The number of nitrogens with one attached hydrogen (secondary N) is 1.